The van der Waals surface area contributed by atoms with E-state index in [1.165, 1.54) is 0 Å². The predicted octanol–water partition coefficient (Wildman–Crippen LogP) is -0.245. The monoisotopic (exact) mass is 258 g/mol. The Kier molecular flexibility index (Phi) is 7.59. The van der Waals surface area contributed by atoms with Gasteiger partial charge in [-0.25, -0.2) is 0 Å². The Bertz CT molecular complexity index is 277. The number of carbonyl (C=O) groups excluding carboxylic acids is 2. The number of quaternary nitrogens is 1. The van der Waals surface area contributed by atoms with E-state index in [9.17, 15) is 14.7 Å². The molecule has 5 heteroatoms. The second-order valence-corrected chi connectivity index (χ2v) is 5.46. The molecule has 0 aliphatic carbocycles. The summed E-state index contributed by atoms with van der Waals surface area (Å²) >= 11 is 0. The van der Waals surface area contributed by atoms with Crippen LogP contribution in [0, 0.1) is 5.92 Å². The van der Waals surface area contributed by atoms with E-state index in [-0.39, 0.29) is 18.2 Å². The van der Waals surface area contributed by atoms with Gasteiger partial charge in [-0.2, -0.15) is 0 Å². The number of amides is 1. The molecular formula is C13H26N2O3. The highest BCUT2D eigenvalue weighted by molar-refractivity contribution is 5.78. The lowest BCUT2D eigenvalue weighted by Crippen LogP contribution is -2.44. The van der Waals surface area contributed by atoms with E-state index in [1.807, 2.05) is 27.9 Å². The van der Waals surface area contributed by atoms with Crippen LogP contribution in [0.4, 0.5) is 0 Å². The molecule has 1 unspecified atom stereocenters. The molecule has 0 rings (SSSR count). The molecule has 0 aromatic heterocycles. The number of carbonyl (C=O) groups is 2. The first-order chi connectivity index (χ1) is 8.28. The van der Waals surface area contributed by atoms with Gasteiger partial charge in [-0.05, 0) is 6.42 Å². The molecule has 0 heterocycles. The Morgan fingerprint density at radius 2 is 1.89 bits per heavy atom. The van der Waals surface area contributed by atoms with Gasteiger partial charge in [0.25, 0.3) is 0 Å². The van der Waals surface area contributed by atoms with Gasteiger partial charge in [-0.1, -0.05) is 13.8 Å². The van der Waals surface area contributed by atoms with Gasteiger partial charge in [0.15, 0.2) is 0 Å². The SMILES string of the molecule is CCC(C)C(=O)NCCC[N+](C)(C)CCC(=O)[O-]. The second-order valence-electron chi connectivity index (χ2n) is 5.46. The minimum Gasteiger partial charge on any atom is -0.550 e. The number of nitrogens with one attached hydrogen (secondary N) is 1. The number of carboxylic acids is 1. The summed E-state index contributed by atoms with van der Waals surface area (Å²) in [6.45, 7) is 5.95. The minimum atomic E-state index is -1.01. The molecule has 0 aromatic rings. The summed E-state index contributed by atoms with van der Waals surface area (Å²) in [7, 11) is 3.97. The fraction of sp³-hybridized carbons (Fsp3) is 0.846. The van der Waals surface area contributed by atoms with Crippen molar-refractivity contribution in [3.63, 3.8) is 0 Å². The maximum atomic E-state index is 11.5. The number of aliphatic carboxylic acids is 1. The summed E-state index contributed by atoms with van der Waals surface area (Å²) in [4.78, 5) is 21.9. The van der Waals surface area contributed by atoms with Crippen LogP contribution in [-0.2, 0) is 9.59 Å². The van der Waals surface area contributed by atoms with Crippen molar-refractivity contribution in [3.8, 4) is 0 Å². The van der Waals surface area contributed by atoms with Crippen LogP contribution in [0.3, 0.4) is 0 Å². The highest BCUT2D eigenvalue weighted by atomic mass is 16.4. The van der Waals surface area contributed by atoms with Crippen molar-refractivity contribution in [3.05, 3.63) is 0 Å². The molecule has 18 heavy (non-hydrogen) atoms. The molecule has 0 aromatic carbocycles. The highest BCUT2D eigenvalue weighted by Gasteiger charge is 2.15. The van der Waals surface area contributed by atoms with Crippen LogP contribution in [0.5, 0.6) is 0 Å². The topological polar surface area (TPSA) is 69.2 Å². The van der Waals surface area contributed by atoms with Gasteiger partial charge in [-0.3, -0.25) is 4.79 Å². The molecule has 0 saturated carbocycles. The van der Waals surface area contributed by atoms with E-state index >= 15 is 0 Å². The largest absolute Gasteiger partial charge is 0.550 e. The predicted molar refractivity (Wildman–Crippen MR) is 68.5 cm³/mol. The Morgan fingerprint density at radius 1 is 1.28 bits per heavy atom. The second kappa shape index (κ2) is 8.08. The van der Waals surface area contributed by atoms with Gasteiger partial charge in [-0.15, -0.1) is 0 Å². The summed E-state index contributed by atoms with van der Waals surface area (Å²) in [5.74, 6) is -0.852. The third-order valence-corrected chi connectivity index (χ3v) is 3.22. The van der Waals surface area contributed by atoms with Gasteiger partial charge in [0.05, 0.1) is 27.2 Å². The van der Waals surface area contributed by atoms with Crippen LogP contribution < -0.4 is 10.4 Å². The first kappa shape index (κ1) is 16.9. The van der Waals surface area contributed by atoms with Gasteiger partial charge in [0.2, 0.25) is 5.91 Å². The average molecular weight is 258 g/mol. The van der Waals surface area contributed by atoms with Crippen LogP contribution in [0.25, 0.3) is 0 Å². The Labute approximate surface area is 110 Å². The summed E-state index contributed by atoms with van der Waals surface area (Å²) in [5, 5.41) is 13.3. The summed E-state index contributed by atoms with van der Waals surface area (Å²) in [6.07, 6.45) is 1.77. The molecule has 0 bridgehead atoms. The standard InChI is InChI=1S/C13H26N2O3/c1-5-11(2)13(18)14-8-6-9-15(3,4)10-7-12(16)17/h11H,5-10H2,1-4H3,(H-,14,16,17,18). The zero-order valence-corrected chi connectivity index (χ0v) is 12.0. The molecular weight excluding hydrogens is 232 g/mol. The molecule has 0 spiro atoms. The maximum Gasteiger partial charge on any atom is 0.222 e. The van der Waals surface area contributed by atoms with Crippen molar-refractivity contribution < 1.29 is 19.2 Å². The fourth-order valence-corrected chi connectivity index (χ4v) is 1.58. The Balaban J connectivity index is 3.76. The Morgan fingerprint density at radius 3 is 2.39 bits per heavy atom. The third kappa shape index (κ3) is 8.06. The number of hydrogen-bond donors (Lipinski definition) is 1. The average Bonchev–Trinajstić information content (AvgIpc) is 2.31. The third-order valence-electron chi connectivity index (χ3n) is 3.22. The van der Waals surface area contributed by atoms with Crippen LogP contribution in [0.1, 0.15) is 33.1 Å². The van der Waals surface area contributed by atoms with Crippen molar-refractivity contribution in [2.45, 2.75) is 33.1 Å². The zero-order valence-electron chi connectivity index (χ0n) is 12.0. The van der Waals surface area contributed by atoms with Crippen LogP contribution >= 0.6 is 0 Å². The van der Waals surface area contributed by atoms with Crippen LogP contribution in [-0.4, -0.2) is 50.1 Å². The van der Waals surface area contributed by atoms with Crippen LogP contribution in [0.15, 0.2) is 0 Å². The van der Waals surface area contributed by atoms with E-state index in [1.54, 1.807) is 0 Å². The maximum absolute atomic E-state index is 11.5. The summed E-state index contributed by atoms with van der Waals surface area (Å²) in [6, 6.07) is 0. The van der Waals surface area contributed by atoms with E-state index in [2.05, 4.69) is 5.32 Å². The van der Waals surface area contributed by atoms with Crippen molar-refractivity contribution >= 4 is 11.9 Å². The quantitative estimate of drug-likeness (QED) is 0.458. The molecule has 1 atom stereocenters. The van der Waals surface area contributed by atoms with Crippen molar-refractivity contribution in [2.75, 3.05) is 33.7 Å². The van der Waals surface area contributed by atoms with Crippen molar-refractivity contribution in [1.29, 1.82) is 0 Å². The summed E-state index contributed by atoms with van der Waals surface area (Å²) < 4.78 is 0.632. The zero-order chi connectivity index (χ0) is 14.2. The minimum absolute atomic E-state index is 0.0607. The lowest BCUT2D eigenvalue weighted by atomic mass is 10.1. The number of rotatable bonds is 9. The van der Waals surface area contributed by atoms with Crippen molar-refractivity contribution in [1.82, 2.24) is 5.32 Å². The lowest BCUT2D eigenvalue weighted by molar-refractivity contribution is -0.890. The molecule has 0 saturated heterocycles. The van der Waals surface area contributed by atoms with Crippen LogP contribution in [0.2, 0.25) is 0 Å². The van der Waals surface area contributed by atoms with Gasteiger partial charge in [0, 0.05) is 31.3 Å². The fourth-order valence-electron chi connectivity index (χ4n) is 1.58. The molecule has 0 aliphatic heterocycles. The lowest BCUT2D eigenvalue weighted by Gasteiger charge is -2.30. The van der Waals surface area contributed by atoms with E-state index in [4.69, 9.17) is 0 Å². The molecule has 1 N–H and O–H groups in total. The Hall–Kier alpha value is -1.10. The van der Waals surface area contributed by atoms with E-state index in [0.29, 0.717) is 17.6 Å². The number of nitrogens with zero attached hydrogens (tertiary/aromatic N) is 1. The first-order valence-corrected chi connectivity index (χ1v) is 6.58. The highest BCUT2D eigenvalue weighted by Crippen LogP contribution is 2.02. The van der Waals surface area contributed by atoms with Gasteiger partial charge < -0.3 is 19.7 Å². The van der Waals surface area contributed by atoms with E-state index < -0.39 is 5.97 Å². The van der Waals surface area contributed by atoms with Gasteiger partial charge >= 0.3 is 0 Å². The summed E-state index contributed by atoms with van der Waals surface area (Å²) in [5.41, 5.74) is 0. The molecule has 0 radical (unpaired) electrons. The molecule has 1 amide bonds. The molecule has 5 nitrogen and oxygen atoms in total. The van der Waals surface area contributed by atoms with Gasteiger partial charge in [0.1, 0.15) is 0 Å². The molecule has 0 aliphatic rings. The first-order valence-electron chi connectivity index (χ1n) is 6.58. The normalized spacial score (nSPS) is 13.1. The number of carboxylic acid groups (broad SMARTS) is 1. The smallest absolute Gasteiger partial charge is 0.222 e. The molecule has 0 fully saturated rings. The van der Waals surface area contributed by atoms with Crippen molar-refractivity contribution in [2.24, 2.45) is 5.92 Å². The van der Waals surface area contributed by atoms with E-state index in [0.717, 1.165) is 19.4 Å². The number of hydrogen-bond acceptors (Lipinski definition) is 3. The molecule has 106 valence electrons.